The molecule has 1 saturated heterocycles. The van der Waals surface area contributed by atoms with E-state index in [1.165, 1.54) is 23.3 Å². The summed E-state index contributed by atoms with van der Waals surface area (Å²) in [5, 5.41) is 11.5. The van der Waals surface area contributed by atoms with Gasteiger partial charge in [0.25, 0.3) is 17.6 Å². The molecule has 35 heavy (non-hydrogen) atoms. The molecule has 1 unspecified atom stereocenters. The molecule has 3 aromatic rings. The van der Waals surface area contributed by atoms with Crippen molar-refractivity contribution >= 4 is 28.3 Å². The first kappa shape index (κ1) is 23.3. The lowest BCUT2D eigenvalue weighted by Crippen LogP contribution is -2.30. The van der Waals surface area contributed by atoms with Crippen LogP contribution in [0.25, 0.3) is 0 Å². The largest absolute Gasteiger partial charge is 0.591 e. The number of hydrogen-bond acceptors (Lipinski definition) is 6. The molecule has 2 aliphatic rings. The number of carbonyl (C=O) groups excluding carboxylic acids is 2. The smallest absolute Gasteiger partial charge is 0.296 e. The number of aromatic nitrogens is 1. The van der Waals surface area contributed by atoms with E-state index in [-0.39, 0.29) is 23.6 Å². The van der Waals surface area contributed by atoms with Crippen molar-refractivity contribution in [3.05, 3.63) is 69.7 Å². The molecule has 0 saturated carbocycles. The molecule has 1 fully saturated rings. The number of nitrogens with one attached hydrogen (secondary N) is 1. The van der Waals surface area contributed by atoms with Gasteiger partial charge in [-0.1, -0.05) is 12.1 Å². The number of anilines is 1. The normalized spacial score (nSPS) is 17.8. The molecule has 2 aliphatic heterocycles. The maximum atomic E-state index is 13.3. The molecular weight excluding hydrogens is 464 g/mol. The molecule has 0 aliphatic carbocycles. The summed E-state index contributed by atoms with van der Waals surface area (Å²) in [5.74, 6) is 0.326. The third kappa shape index (κ3) is 4.74. The van der Waals surface area contributed by atoms with Gasteiger partial charge in [-0.25, -0.2) is 4.98 Å². The van der Waals surface area contributed by atoms with Gasteiger partial charge in [-0.15, -0.1) is 11.3 Å². The van der Waals surface area contributed by atoms with Gasteiger partial charge in [0.2, 0.25) is 5.75 Å². The number of ether oxygens (including phenoxy) is 1. The van der Waals surface area contributed by atoms with E-state index in [2.05, 4.69) is 22.2 Å². The number of rotatable bonds is 5. The Morgan fingerprint density at radius 3 is 2.86 bits per heavy atom. The number of hydrogen-bond donors (Lipinski definition) is 1. The van der Waals surface area contributed by atoms with Crippen molar-refractivity contribution in [3.8, 4) is 11.5 Å². The number of thiazole rings is 1. The summed E-state index contributed by atoms with van der Waals surface area (Å²) in [6.07, 6.45) is 2.62. The topological polar surface area (TPSA) is 97.7 Å². The van der Waals surface area contributed by atoms with E-state index < -0.39 is 0 Å². The number of carbonyl (C=O) groups is 2. The number of amides is 2. The molecule has 1 atom stereocenters. The van der Waals surface area contributed by atoms with E-state index in [0.29, 0.717) is 28.6 Å². The average molecular weight is 494 g/mol. The van der Waals surface area contributed by atoms with Gasteiger partial charge in [-0.2, -0.15) is 0 Å². The van der Waals surface area contributed by atoms with Gasteiger partial charge in [0.05, 0.1) is 18.8 Å². The third-order valence-corrected chi connectivity index (χ3v) is 7.64. The van der Waals surface area contributed by atoms with Gasteiger partial charge >= 0.3 is 0 Å². The number of methoxy groups -OCH3 is 1. The van der Waals surface area contributed by atoms with Crippen molar-refractivity contribution in [3.63, 3.8) is 0 Å². The molecule has 2 aromatic carbocycles. The maximum absolute atomic E-state index is 13.3. The van der Waals surface area contributed by atoms with Gasteiger partial charge in [0, 0.05) is 54.2 Å². The SMILES string of the molecule is COc1cc(C(=O)N2CCCC2c2cccc(C(=O)Nc3nc4c(s3)CN(C)CC4)c2)ccc1[OH2+]. The zero-order valence-corrected chi connectivity index (χ0v) is 20.7. The molecule has 0 radical (unpaired) electrons. The van der Waals surface area contributed by atoms with Gasteiger partial charge in [0.15, 0.2) is 5.13 Å². The van der Waals surface area contributed by atoms with Crippen LogP contribution in [0.5, 0.6) is 11.5 Å². The zero-order chi connectivity index (χ0) is 24.5. The molecule has 3 N–H and O–H groups in total. The Morgan fingerprint density at radius 1 is 1.17 bits per heavy atom. The second-order valence-corrected chi connectivity index (χ2v) is 10.1. The maximum Gasteiger partial charge on any atom is 0.296 e. The monoisotopic (exact) mass is 493 g/mol. The van der Waals surface area contributed by atoms with E-state index >= 15 is 0 Å². The summed E-state index contributed by atoms with van der Waals surface area (Å²) in [6.45, 7) is 2.48. The lowest BCUT2D eigenvalue weighted by atomic mass is 10.0. The Morgan fingerprint density at radius 2 is 2.03 bits per heavy atom. The minimum Gasteiger partial charge on any atom is -0.591 e. The molecule has 3 heterocycles. The van der Waals surface area contributed by atoms with E-state index in [0.717, 1.165) is 43.6 Å². The van der Waals surface area contributed by atoms with Crippen LogP contribution in [0, 0.1) is 0 Å². The Bertz CT molecular complexity index is 1270. The second-order valence-electron chi connectivity index (χ2n) is 9.03. The number of nitrogens with zero attached hydrogens (tertiary/aromatic N) is 3. The van der Waals surface area contributed by atoms with E-state index in [1.54, 1.807) is 24.3 Å². The molecule has 182 valence electrons. The highest BCUT2D eigenvalue weighted by atomic mass is 32.1. The van der Waals surface area contributed by atoms with E-state index in [9.17, 15) is 9.59 Å². The molecule has 2 amide bonds. The number of fused-ring (bicyclic) bond motifs is 1. The molecule has 5 rings (SSSR count). The standard InChI is InChI=1S/C26H28N4O4S/c1-29-12-10-19-23(15-29)35-26(27-19)28-24(32)17-6-3-5-16(13-17)20-7-4-11-30(20)25(33)18-8-9-21(31)22(14-18)34-2/h3,5-6,8-9,13-14,20,31H,4,7,10-12,15H2,1-2H3,(H,27,28,32)/p+1. The van der Waals surface area contributed by atoms with E-state index in [1.807, 2.05) is 23.1 Å². The van der Waals surface area contributed by atoms with Crippen molar-refractivity contribution in [2.75, 3.05) is 32.6 Å². The zero-order valence-electron chi connectivity index (χ0n) is 19.8. The van der Waals surface area contributed by atoms with Crippen molar-refractivity contribution < 1.29 is 19.4 Å². The Kier molecular flexibility index (Phi) is 6.44. The molecule has 1 aromatic heterocycles. The van der Waals surface area contributed by atoms with Crippen molar-refractivity contribution in [1.29, 1.82) is 0 Å². The molecule has 0 bridgehead atoms. The van der Waals surface area contributed by atoms with Crippen molar-refractivity contribution in [1.82, 2.24) is 14.8 Å². The fourth-order valence-corrected chi connectivity index (χ4v) is 5.86. The highest BCUT2D eigenvalue weighted by Gasteiger charge is 2.31. The summed E-state index contributed by atoms with van der Waals surface area (Å²) in [5.41, 5.74) is 3.06. The Labute approximate surface area is 208 Å². The highest BCUT2D eigenvalue weighted by molar-refractivity contribution is 7.15. The van der Waals surface area contributed by atoms with Crippen LogP contribution in [0.4, 0.5) is 5.13 Å². The quantitative estimate of drug-likeness (QED) is 0.545. The number of likely N-dealkylation sites (tertiary alicyclic amines) is 1. The lowest BCUT2D eigenvalue weighted by molar-refractivity contribution is 0.0735. The van der Waals surface area contributed by atoms with E-state index in [4.69, 9.17) is 9.84 Å². The fourth-order valence-electron chi connectivity index (χ4n) is 4.78. The molecule has 9 heteroatoms. The van der Waals surface area contributed by atoms with Crippen LogP contribution < -0.4 is 10.1 Å². The van der Waals surface area contributed by atoms with Gasteiger partial charge < -0.3 is 19.6 Å². The minimum atomic E-state index is -0.196. The summed E-state index contributed by atoms with van der Waals surface area (Å²) in [7, 11) is 3.58. The second kappa shape index (κ2) is 9.67. The van der Waals surface area contributed by atoms with Gasteiger partial charge in [-0.3, -0.25) is 14.9 Å². The predicted octanol–water partition coefficient (Wildman–Crippen LogP) is 3.81. The Hall–Kier alpha value is -3.43. The van der Waals surface area contributed by atoms with Crippen LogP contribution >= 0.6 is 11.3 Å². The molecule has 8 nitrogen and oxygen atoms in total. The van der Waals surface area contributed by atoms with Crippen LogP contribution in [0.3, 0.4) is 0 Å². The van der Waals surface area contributed by atoms with Crippen LogP contribution in [0.15, 0.2) is 42.5 Å². The summed E-state index contributed by atoms with van der Waals surface area (Å²) in [6, 6.07) is 12.3. The minimum absolute atomic E-state index is 0.0982. The molecule has 0 spiro atoms. The van der Waals surface area contributed by atoms with Crippen molar-refractivity contribution in [2.24, 2.45) is 0 Å². The van der Waals surface area contributed by atoms with Crippen LogP contribution in [0.1, 0.15) is 55.7 Å². The third-order valence-electron chi connectivity index (χ3n) is 6.64. The lowest BCUT2D eigenvalue weighted by Gasteiger charge is -2.25. The van der Waals surface area contributed by atoms with Crippen LogP contribution in [-0.4, -0.2) is 59.0 Å². The number of likely N-dealkylation sites (N-methyl/N-ethyl adjacent to an activating group) is 1. The van der Waals surface area contributed by atoms with Crippen LogP contribution in [0.2, 0.25) is 0 Å². The summed E-state index contributed by atoms with van der Waals surface area (Å²) >= 11 is 1.54. The first-order valence-electron chi connectivity index (χ1n) is 11.7. The first-order valence-corrected chi connectivity index (χ1v) is 12.5. The van der Waals surface area contributed by atoms with Gasteiger partial charge in [-0.05, 0) is 43.7 Å². The predicted molar refractivity (Wildman–Crippen MR) is 136 cm³/mol. The summed E-state index contributed by atoms with van der Waals surface area (Å²) < 4.78 is 5.22. The average Bonchev–Trinajstić information content (AvgIpc) is 3.50. The van der Waals surface area contributed by atoms with Crippen LogP contribution in [-0.2, 0) is 13.0 Å². The fraction of sp³-hybridized carbons (Fsp3) is 0.346. The Balaban J connectivity index is 1.33. The highest BCUT2D eigenvalue weighted by Crippen LogP contribution is 2.35. The first-order chi connectivity index (χ1) is 16.9. The molecular formula is C26H29N4O4S+. The number of benzene rings is 2. The summed E-state index contributed by atoms with van der Waals surface area (Å²) in [4.78, 5) is 36.3. The van der Waals surface area contributed by atoms with Crippen molar-refractivity contribution in [2.45, 2.75) is 31.8 Å². The van der Waals surface area contributed by atoms with Gasteiger partial charge in [0.1, 0.15) is 0 Å².